The second kappa shape index (κ2) is 6.54. The minimum Gasteiger partial charge on any atom is -0.496 e. The van der Waals surface area contributed by atoms with Crippen molar-refractivity contribution in [3.63, 3.8) is 0 Å². The first-order valence-electron chi connectivity index (χ1n) is 6.44. The van der Waals surface area contributed by atoms with Crippen molar-refractivity contribution < 1.29 is 14.3 Å². The van der Waals surface area contributed by atoms with Gasteiger partial charge in [0.15, 0.2) is 0 Å². The highest BCUT2D eigenvalue weighted by atomic mass is 16.5. The number of methoxy groups -OCH3 is 1. The standard InChI is InChI=1S/C14H20N2O3/c1-10-3-4-11(12(7-10)18-2)8-16-14(17)13-9-15-5-6-19-13/h3-4,7,13,15H,5-6,8-9H2,1-2H3,(H,16,17). The molecule has 1 aromatic carbocycles. The van der Waals surface area contributed by atoms with Gasteiger partial charge in [0, 0.05) is 25.2 Å². The van der Waals surface area contributed by atoms with Crippen molar-refractivity contribution in [3.05, 3.63) is 29.3 Å². The van der Waals surface area contributed by atoms with Crippen LogP contribution in [0, 0.1) is 6.92 Å². The first kappa shape index (κ1) is 13.8. The number of amides is 1. The SMILES string of the molecule is COc1cc(C)ccc1CNC(=O)C1CNCCO1. The average molecular weight is 264 g/mol. The normalized spacial score (nSPS) is 18.9. The molecule has 5 nitrogen and oxygen atoms in total. The molecule has 1 aliphatic rings. The van der Waals surface area contributed by atoms with Gasteiger partial charge in [0.1, 0.15) is 11.9 Å². The summed E-state index contributed by atoms with van der Waals surface area (Å²) in [5.41, 5.74) is 2.09. The van der Waals surface area contributed by atoms with E-state index < -0.39 is 6.10 Å². The second-order valence-corrected chi connectivity index (χ2v) is 4.60. The van der Waals surface area contributed by atoms with Crippen LogP contribution in [0.3, 0.4) is 0 Å². The Morgan fingerprint density at radius 1 is 1.58 bits per heavy atom. The molecule has 1 heterocycles. The van der Waals surface area contributed by atoms with E-state index in [1.165, 1.54) is 0 Å². The molecule has 5 heteroatoms. The molecular weight excluding hydrogens is 244 g/mol. The third-order valence-electron chi connectivity index (χ3n) is 3.12. The first-order valence-corrected chi connectivity index (χ1v) is 6.44. The van der Waals surface area contributed by atoms with Crippen molar-refractivity contribution in [1.82, 2.24) is 10.6 Å². The summed E-state index contributed by atoms with van der Waals surface area (Å²) in [5, 5.41) is 6.01. The molecule has 0 bridgehead atoms. The van der Waals surface area contributed by atoms with Gasteiger partial charge in [-0.15, -0.1) is 0 Å². The molecule has 1 aromatic rings. The lowest BCUT2D eigenvalue weighted by Gasteiger charge is -2.22. The highest BCUT2D eigenvalue weighted by Crippen LogP contribution is 2.19. The van der Waals surface area contributed by atoms with Gasteiger partial charge in [-0.1, -0.05) is 12.1 Å². The summed E-state index contributed by atoms with van der Waals surface area (Å²) in [7, 11) is 1.63. The van der Waals surface area contributed by atoms with E-state index in [4.69, 9.17) is 9.47 Å². The maximum Gasteiger partial charge on any atom is 0.250 e. The Kier molecular flexibility index (Phi) is 4.76. The lowest BCUT2D eigenvalue weighted by Crippen LogP contribution is -2.47. The lowest BCUT2D eigenvalue weighted by molar-refractivity contribution is -0.134. The Morgan fingerprint density at radius 3 is 3.11 bits per heavy atom. The average Bonchev–Trinajstić information content (AvgIpc) is 2.46. The highest BCUT2D eigenvalue weighted by Gasteiger charge is 2.21. The fourth-order valence-corrected chi connectivity index (χ4v) is 2.03. The Labute approximate surface area is 113 Å². The maximum absolute atomic E-state index is 11.9. The molecule has 1 fully saturated rings. The molecule has 1 aliphatic heterocycles. The van der Waals surface area contributed by atoms with Gasteiger partial charge in [-0.05, 0) is 18.6 Å². The maximum atomic E-state index is 11.9. The van der Waals surface area contributed by atoms with Crippen LogP contribution in [0.25, 0.3) is 0 Å². The number of morpholine rings is 1. The van der Waals surface area contributed by atoms with Crippen LogP contribution in [0.1, 0.15) is 11.1 Å². The molecule has 1 unspecified atom stereocenters. The number of hydrogen-bond donors (Lipinski definition) is 2. The molecule has 1 amide bonds. The number of aryl methyl sites for hydroxylation is 1. The van der Waals surface area contributed by atoms with Crippen LogP contribution in [0.2, 0.25) is 0 Å². The fourth-order valence-electron chi connectivity index (χ4n) is 2.03. The number of benzene rings is 1. The zero-order valence-corrected chi connectivity index (χ0v) is 11.4. The number of ether oxygens (including phenoxy) is 2. The Balaban J connectivity index is 1.92. The molecule has 1 atom stereocenters. The Bertz CT molecular complexity index is 442. The predicted molar refractivity (Wildman–Crippen MR) is 72.2 cm³/mol. The topological polar surface area (TPSA) is 59.6 Å². The van der Waals surface area contributed by atoms with Crippen molar-refractivity contribution >= 4 is 5.91 Å². The summed E-state index contributed by atoms with van der Waals surface area (Å²) in [4.78, 5) is 11.9. The molecule has 104 valence electrons. The Morgan fingerprint density at radius 2 is 2.42 bits per heavy atom. The summed E-state index contributed by atoms with van der Waals surface area (Å²) in [5.74, 6) is 0.706. The summed E-state index contributed by atoms with van der Waals surface area (Å²) in [6.07, 6.45) is -0.398. The number of carbonyl (C=O) groups excluding carboxylic acids is 1. The number of rotatable bonds is 4. The Hall–Kier alpha value is -1.59. The van der Waals surface area contributed by atoms with E-state index in [-0.39, 0.29) is 5.91 Å². The first-order chi connectivity index (χ1) is 9.20. The summed E-state index contributed by atoms with van der Waals surface area (Å²) >= 11 is 0. The van der Waals surface area contributed by atoms with E-state index >= 15 is 0 Å². The van der Waals surface area contributed by atoms with Gasteiger partial charge in [-0.2, -0.15) is 0 Å². The van der Waals surface area contributed by atoms with Crippen LogP contribution in [0.4, 0.5) is 0 Å². The van der Waals surface area contributed by atoms with Gasteiger partial charge in [-0.3, -0.25) is 4.79 Å². The molecule has 0 saturated carbocycles. The van der Waals surface area contributed by atoms with Crippen LogP contribution < -0.4 is 15.4 Å². The molecule has 2 rings (SSSR count). The van der Waals surface area contributed by atoms with Crippen molar-refractivity contribution in [2.45, 2.75) is 19.6 Å². The zero-order valence-electron chi connectivity index (χ0n) is 11.4. The van der Waals surface area contributed by atoms with Crippen molar-refractivity contribution in [3.8, 4) is 5.75 Å². The van der Waals surface area contributed by atoms with Crippen molar-refractivity contribution in [2.24, 2.45) is 0 Å². The molecule has 0 spiro atoms. The smallest absolute Gasteiger partial charge is 0.250 e. The predicted octanol–water partition coefficient (Wildman–Crippen LogP) is 0.608. The summed E-state index contributed by atoms with van der Waals surface area (Å²) in [6.45, 7) is 4.40. The van der Waals surface area contributed by atoms with Crippen molar-refractivity contribution in [2.75, 3.05) is 26.8 Å². The third kappa shape index (κ3) is 3.68. The van der Waals surface area contributed by atoms with Gasteiger partial charge in [0.2, 0.25) is 0 Å². The summed E-state index contributed by atoms with van der Waals surface area (Å²) < 4.78 is 10.7. The van der Waals surface area contributed by atoms with Gasteiger partial charge >= 0.3 is 0 Å². The lowest BCUT2D eigenvalue weighted by atomic mass is 10.1. The van der Waals surface area contributed by atoms with Crippen LogP contribution in [0.5, 0.6) is 5.75 Å². The van der Waals surface area contributed by atoms with E-state index in [1.54, 1.807) is 7.11 Å². The summed E-state index contributed by atoms with van der Waals surface area (Å²) in [6, 6.07) is 5.93. The highest BCUT2D eigenvalue weighted by molar-refractivity contribution is 5.81. The number of hydrogen-bond acceptors (Lipinski definition) is 4. The van der Waals surface area contributed by atoms with Gasteiger partial charge in [0.25, 0.3) is 5.91 Å². The van der Waals surface area contributed by atoms with E-state index in [9.17, 15) is 4.79 Å². The van der Waals surface area contributed by atoms with Crippen LogP contribution in [-0.2, 0) is 16.1 Å². The molecule has 0 aliphatic carbocycles. The number of nitrogens with one attached hydrogen (secondary N) is 2. The van der Waals surface area contributed by atoms with Crippen LogP contribution in [0.15, 0.2) is 18.2 Å². The fraction of sp³-hybridized carbons (Fsp3) is 0.500. The molecule has 0 radical (unpaired) electrons. The minimum atomic E-state index is -0.398. The quantitative estimate of drug-likeness (QED) is 0.836. The second-order valence-electron chi connectivity index (χ2n) is 4.60. The van der Waals surface area contributed by atoms with Crippen molar-refractivity contribution in [1.29, 1.82) is 0 Å². The third-order valence-corrected chi connectivity index (χ3v) is 3.12. The number of carbonyl (C=O) groups is 1. The zero-order chi connectivity index (χ0) is 13.7. The molecule has 0 aromatic heterocycles. The molecule has 1 saturated heterocycles. The van der Waals surface area contributed by atoms with Gasteiger partial charge < -0.3 is 20.1 Å². The molecular formula is C14H20N2O3. The van der Waals surface area contributed by atoms with Crippen LogP contribution >= 0.6 is 0 Å². The molecule has 19 heavy (non-hydrogen) atoms. The van der Waals surface area contributed by atoms with Gasteiger partial charge in [-0.25, -0.2) is 0 Å². The van der Waals surface area contributed by atoms with Crippen LogP contribution in [-0.4, -0.2) is 38.8 Å². The largest absolute Gasteiger partial charge is 0.496 e. The van der Waals surface area contributed by atoms with E-state index in [0.717, 1.165) is 23.4 Å². The molecule has 2 N–H and O–H groups in total. The monoisotopic (exact) mass is 264 g/mol. The minimum absolute atomic E-state index is 0.0881. The van der Waals surface area contributed by atoms with E-state index in [1.807, 2.05) is 25.1 Å². The van der Waals surface area contributed by atoms with E-state index in [2.05, 4.69) is 10.6 Å². The van der Waals surface area contributed by atoms with Gasteiger partial charge in [0.05, 0.1) is 13.7 Å². The van der Waals surface area contributed by atoms with E-state index in [0.29, 0.717) is 19.7 Å².